The van der Waals surface area contributed by atoms with Gasteiger partial charge in [0.25, 0.3) is 0 Å². The van der Waals surface area contributed by atoms with Crippen LogP contribution in [0.3, 0.4) is 0 Å². The van der Waals surface area contributed by atoms with Gasteiger partial charge in [0.1, 0.15) is 0 Å². The molecule has 0 aliphatic carbocycles. The van der Waals surface area contributed by atoms with Gasteiger partial charge in [-0.05, 0) is 37.6 Å². The van der Waals surface area contributed by atoms with Crippen molar-refractivity contribution >= 4 is 17.3 Å². The van der Waals surface area contributed by atoms with E-state index in [2.05, 4.69) is 5.32 Å². The molecule has 17 heavy (non-hydrogen) atoms. The van der Waals surface area contributed by atoms with Crippen molar-refractivity contribution in [2.24, 2.45) is 0 Å². The first-order valence-electron chi connectivity index (χ1n) is 5.32. The fourth-order valence-electron chi connectivity index (χ4n) is 1.31. The van der Waals surface area contributed by atoms with Crippen LogP contribution in [-0.4, -0.2) is 11.4 Å². The lowest BCUT2D eigenvalue weighted by Crippen LogP contribution is -2.35. The van der Waals surface area contributed by atoms with Crippen LogP contribution in [0.2, 0.25) is 0 Å². The average molecular weight is 266 g/mol. The topological polar surface area (TPSA) is 12.0 Å². The van der Waals surface area contributed by atoms with E-state index < -0.39 is 11.7 Å². The Hall–Kier alpha value is -0.900. The van der Waals surface area contributed by atoms with E-state index in [1.54, 1.807) is 0 Å². The lowest BCUT2D eigenvalue weighted by molar-refractivity contribution is -0.137. The zero-order valence-electron chi connectivity index (χ0n) is 9.74. The second-order valence-electron chi connectivity index (χ2n) is 4.25. The normalized spacial score (nSPS) is 15.4. The molecule has 1 nitrogen and oxygen atoms in total. The van der Waals surface area contributed by atoms with Gasteiger partial charge in [0.15, 0.2) is 0 Å². The van der Waals surface area contributed by atoms with Crippen LogP contribution in [0.5, 0.6) is 0 Å². The van der Waals surface area contributed by atoms with Gasteiger partial charge in [-0.3, -0.25) is 0 Å². The van der Waals surface area contributed by atoms with Crippen molar-refractivity contribution < 1.29 is 13.2 Å². The van der Waals surface area contributed by atoms with Crippen LogP contribution in [0.25, 0.3) is 0 Å². The summed E-state index contributed by atoms with van der Waals surface area (Å²) in [5.74, 6) is 0.393. The number of alkyl halides is 4. The molecule has 5 heteroatoms. The van der Waals surface area contributed by atoms with Gasteiger partial charge in [-0.25, -0.2) is 0 Å². The monoisotopic (exact) mass is 265 g/mol. The third kappa shape index (κ3) is 3.80. The molecule has 0 radical (unpaired) electrons. The smallest absolute Gasteiger partial charge is 0.379 e. The Morgan fingerprint density at radius 2 is 1.71 bits per heavy atom. The highest BCUT2D eigenvalue weighted by molar-refractivity contribution is 6.18. The van der Waals surface area contributed by atoms with E-state index in [-0.39, 0.29) is 5.54 Å². The summed E-state index contributed by atoms with van der Waals surface area (Å²) < 4.78 is 37.0. The van der Waals surface area contributed by atoms with Gasteiger partial charge in [0, 0.05) is 17.1 Å². The first kappa shape index (κ1) is 14.2. The number of benzene rings is 1. The highest BCUT2D eigenvalue weighted by Gasteiger charge is 2.30. The summed E-state index contributed by atoms with van der Waals surface area (Å²) in [7, 11) is 0. The van der Waals surface area contributed by atoms with Crippen LogP contribution in [0.4, 0.5) is 18.9 Å². The number of hydrogen-bond acceptors (Lipinski definition) is 1. The highest BCUT2D eigenvalue weighted by atomic mass is 35.5. The van der Waals surface area contributed by atoms with E-state index in [9.17, 15) is 13.2 Å². The SMILES string of the molecule is CCC(C)(CCl)Nc1ccc(C(F)(F)F)cc1. The quantitative estimate of drug-likeness (QED) is 0.789. The van der Waals surface area contributed by atoms with Crippen LogP contribution in [0, 0.1) is 0 Å². The molecule has 0 spiro atoms. The average Bonchev–Trinajstić information content (AvgIpc) is 2.28. The van der Waals surface area contributed by atoms with Crippen molar-refractivity contribution in [3.8, 4) is 0 Å². The molecule has 1 rings (SSSR count). The van der Waals surface area contributed by atoms with Crippen molar-refractivity contribution in [3.05, 3.63) is 29.8 Å². The Morgan fingerprint density at radius 1 is 1.18 bits per heavy atom. The number of rotatable bonds is 4. The predicted molar refractivity (Wildman–Crippen MR) is 64.5 cm³/mol. The molecule has 0 aliphatic heterocycles. The van der Waals surface area contributed by atoms with Crippen molar-refractivity contribution in [2.45, 2.75) is 32.0 Å². The van der Waals surface area contributed by atoms with Gasteiger partial charge in [-0.2, -0.15) is 13.2 Å². The predicted octanol–water partition coefficient (Wildman–Crippen LogP) is 4.52. The van der Waals surface area contributed by atoms with E-state index in [4.69, 9.17) is 11.6 Å². The Kier molecular flexibility index (Phi) is 4.31. The highest BCUT2D eigenvalue weighted by Crippen LogP contribution is 2.30. The van der Waals surface area contributed by atoms with Crippen molar-refractivity contribution in [3.63, 3.8) is 0 Å². The number of hydrogen-bond donors (Lipinski definition) is 1. The van der Waals surface area contributed by atoms with Crippen LogP contribution >= 0.6 is 11.6 Å². The summed E-state index contributed by atoms with van der Waals surface area (Å²) in [4.78, 5) is 0. The summed E-state index contributed by atoms with van der Waals surface area (Å²) >= 11 is 5.82. The van der Waals surface area contributed by atoms with Gasteiger partial charge in [0.2, 0.25) is 0 Å². The Morgan fingerprint density at radius 3 is 2.06 bits per heavy atom. The number of halogens is 4. The minimum Gasteiger partial charge on any atom is -0.379 e. The maximum absolute atomic E-state index is 12.3. The van der Waals surface area contributed by atoms with Crippen molar-refractivity contribution in [1.82, 2.24) is 0 Å². The van der Waals surface area contributed by atoms with Crippen LogP contribution in [0.1, 0.15) is 25.8 Å². The standard InChI is InChI=1S/C12H15ClF3N/c1-3-11(2,8-13)17-10-6-4-9(5-7-10)12(14,15)16/h4-7,17H,3,8H2,1-2H3. The second kappa shape index (κ2) is 5.17. The van der Waals surface area contributed by atoms with Gasteiger partial charge in [-0.15, -0.1) is 11.6 Å². The molecule has 0 heterocycles. The molecule has 1 atom stereocenters. The van der Waals surface area contributed by atoms with E-state index in [1.807, 2.05) is 13.8 Å². The van der Waals surface area contributed by atoms with Crippen molar-refractivity contribution in [2.75, 3.05) is 11.2 Å². The first-order valence-corrected chi connectivity index (χ1v) is 5.85. The largest absolute Gasteiger partial charge is 0.416 e. The Labute approximate surface area is 104 Å². The molecule has 0 fully saturated rings. The molecule has 1 aromatic rings. The van der Waals surface area contributed by atoms with E-state index in [0.717, 1.165) is 18.6 Å². The van der Waals surface area contributed by atoms with Gasteiger partial charge < -0.3 is 5.32 Å². The third-order valence-corrected chi connectivity index (χ3v) is 3.32. The molecule has 1 aromatic carbocycles. The van der Waals surface area contributed by atoms with E-state index in [0.29, 0.717) is 11.6 Å². The van der Waals surface area contributed by atoms with Crippen LogP contribution in [0.15, 0.2) is 24.3 Å². The first-order chi connectivity index (χ1) is 7.80. The second-order valence-corrected chi connectivity index (χ2v) is 4.52. The summed E-state index contributed by atoms with van der Waals surface area (Å²) in [6.45, 7) is 3.90. The van der Waals surface area contributed by atoms with Crippen LogP contribution < -0.4 is 5.32 Å². The molecule has 0 bridgehead atoms. The molecule has 1 N–H and O–H groups in total. The molecule has 0 aromatic heterocycles. The molecule has 1 unspecified atom stereocenters. The van der Waals surface area contributed by atoms with Gasteiger partial charge in [0.05, 0.1) is 5.56 Å². The van der Waals surface area contributed by atoms with Crippen molar-refractivity contribution in [1.29, 1.82) is 0 Å². The fourth-order valence-corrected chi connectivity index (χ4v) is 1.56. The molecule has 0 amide bonds. The lowest BCUT2D eigenvalue weighted by Gasteiger charge is -2.28. The molecule has 96 valence electrons. The Bertz CT molecular complexity index is 355. The molecule has 0 saturated heterocycles. The molecular formula is C12H15ClF3N. The summed E-state index contributed by atoms with van der Waals surface area (Å²) in [6, 6.07) is 4.96. The number of nitrogens with one attached hydrogen (secondary N) is 1. The summed E-state index contributed by atoms with van der Waals surface area (Å²) in [5.41, 5.74) is -0.309. The summed E-state index contributed by atoms with van der Waals surface area (Å²) in [5, 5.41) is 3.13. The zero-order chi connectivity index (χ0) is 13.1. The maximum Gasteiger partial charge on any atom is 0.416 e. The third-order valence-electron chi connectivity index (χ3n) is 2.73. The maximum atomic E-state index is 12.3. The summed E-state index contributed by atoms with van der Waals surface area (Å²) in [6.07, 6.45) is -3.50. The van der Waals surface area contributed by atoms with E-state index >= 15 is 0 Å². The van der Waals surface area contributed by atoms with E-state index in [1.165, 1.54) is 12.1 Å². The molecule has 0 aliphatic rings. The lowest BCUT2D eigenvalue weighted by atomic mass is 10.0. The number of anilines is 1. The van der Waals surface area contributed by atoms with Crippen LogP contribution in [-0.2, 0) is 6.18 Å². The minimum atomic E-state index is -4.29. The fraction of sp³-hybridized carbons (Fsp3) is 0.500. The molecular weight excluding hydrogens is 251 g/mol. The zero-order valence-corrected chi connectivity index (χ0v) is 10.5. The minimum absolute atomic E-state index is 0.304. The van der Waals surface area contributed by atoms with Gasteiger partial charge >= 0.3 is 6.18 Å². The van der Waals surface area contributed by atoms with Gasteiger partial charge in [-0.1, -0.05) is 6.92 Å². The molecule has 0 saturated carbocycles. The Balaban J connectivity index is 2.82.